The Balaban J connectivity index is 1.63. The van der Waals surface area contributed by atoms with Gasteiger partial charge in [-0.1, -0.05) is 48.2 Å². The molecule has 2 aromatic heterocycles. The molecule has 23 heavy (non-hydrogen) atoms. The van der Waals surface area contributed by atoms with Crippen LogP contribution >= 0.6 is 11.8 Å². The Labute approximate surface area is 138 Å². The topological polar surface area (TPSA) is 55.1 Å². The summed E-state index contributed by atoms with van der Waals surface area (Å²) in [6, 6.07) is 13.8. The molecule has 0 saturated heterocycles. The van der Waals surface area contributed by atoms with Crippen LogP contribution in [0.15, 0.2) is 70.6 Å². The molecule has 5 nitrogen and oxygen atoms in total. The highest BCUT2D eigenvalue weighted by atomic mass is 32.2. The number of anilines is 2. The number of hydrogen-bond acceptors (Lipinski definition) is 5. The van der Waals surface area contributed by atoms with Gasteiger partial charge in [-0.25, -0.2) is 0 Å². The molecular formula is C17H15N5S. The van der Waals surface area contributed by atoms with E-state index in [0.717, 1.165) is 29.2 Å². The number of thioether (sulfide) groups is 1. The monoisotopic (exact) mass is 321 g/mol. The SMILES string of the molecule is C1=CC(Sc2ccc3nnc(Nc4ccccc4)n3n2)=CCC1. The van der Waals surface area contributed by atoms with E-state index in [0.29, 0.717) is 5.95 Å². The van der Waals surface area contributed by atoms with Gasteiger partial charge in [0.05, 0.1) is 0 Å². The Bertz CT molecular complexity index is 882. The fourth-order valence-electron chi connectivity index (χ4n) is 2.34. The van der Waals surface area contributed by atoms with Crippen molar-refractivity contribution in [3.8, 4) is 0 Å². The highest BCUT2D eigenvalue weighted by Crippen LogP contribution is 2.29. The first-order chi connectivity index (χ1) is 11.4. The van der Waals surface area contributed by atoms with Crippen LogP contribution in [0.1, 0.15) is 12.8 Å². The van der Waals surface area contributed by atoms with Gasteiger partial charge < -0.3 is 5.32 Å². The summed E-state index contributed by atoms with van der Waals surface area (Å²) in [6.45, 7) is 0. The van der Waals surface area contributed by atoms with Crippen molar-refractivity contribution in [2.45, 2.75) is 17.9 Å². The summed E-state index contributed by atoms with van der Waals surface area (Å²) < 4.78 is 1.74. The predicted molar refractivity (Wildman–Crippen MR) is 92.8 cm³/mol. The molecule has 0 saturated carbocycles. The largest absolute Gasteiger partial charge is 0.323 e. The zero-order valence-corrected chi connectivity index (χ0v) is 13.2. The third-order valence-corrected chi connectivity index (χ3v) is 4.42. The molecule has 114 valence electrons. The highest BCUT2D eigenvalue weighted by molar-refractivity contribution is 8.03. The standard InChI is InChI=1S/C17H15N5S/c1-3-7-13(8-4-1)18-17-20-19-15-11-12-16(21-22(15)17)23-14-9-5-2-6-10-14/h1,3-5,7-12H,2,6H2,(H,18,20). The lowest BCUT2D eigenvalue weighted by Gasteiger charge is -2.07. The number of hydrogen-bond donors (Lipinski definition) is 1. The second-order valence-corrected chi connectivity index (χ2v) is 6.24. The van der Waals surface area contributed by atoms with Crippen LogP contribution in [0.2, 0.25) is 0 Å². The van der Waals surface area contributed by atoms with Crippen LogP contribution in [0.4, 0.5) is 11.6 Å². The summed E-state index contributed by atoms with van der Waals surface area (Å²) >= 11 is 1.66. The summed E-state index contributed by atoms with van der Waals surface area (Å²) in [6.07, 6.45) is 8.80. The predicted octanol–water partition coefficient (Wildman–Crippen LogP) is 4.19. The molecule has 0 atom stereocenters. The maximum atomic E-state index is 4.64. The summed E-state index contributed by atoms with van der Waals surface area (Å²) in [5, 5.41) is 17.1. The molecule has 0 unspecified atom stereocenters. The van der Waals surface area contributed by atoms with Crippen LogP contribution in [0.3, 0.4) is 0 Å². The molecule has 0 aliphatic heterocycles. The summed E-state index contributed by atoms with van der Waals surface area (Å²) in [7, 11) is 0. The van der Waals surface area contributed by atoms with Gasteiger partial charge in [-0.3, -0.25) is 0 Å². The van der Waals surface area contributed by atoms with Crippen LogP contribution < -0.4 is 5.32 Å². The number of rotatable bonds is 4. The minimum absolute atomic E-state index is 0.613. The van der Waals surface area contributed by atoms with E-state index in [1.165, 1.54) is 4.91 Å². The molecule has 1 aliphatic rings. The number of para-hydroxylation sites is 1. The van der Waals surface area contributed by atoms with Gasteiger partial charge in [0.15, 0.2) is 5.65 Å². The van der Waals surface area contributed by atoms with Crippen LogP contribution in [0, 0.1) is 0 Å². The molecular weight excluding hydrogens is 306 g/mol. The maximum absolute atomic E-state index is 4.64. The quantitative estimate of drug-likeness (QED) is 0.780. The minimum atomic E-state index is 0.613. The molecule has 0 spiro atoms. The number of allylic oxidation sites excluding steroid dienone is 3. The van der Waals surface area contributed by atoms with E-state index in [1.807, 2.05) is 42.5 Å². The second kappa shape index (κ2) is 6.26. The molecule has 1 N–H and O–H groups in total. The van der Waals surface area contributed by atoms with Crippen molar-refractivity contribution >= 4 is 29.0 Å². The van der Waals surface area contributed by atoms with Gasteiger partial charge in [0.2, 0.25) is 5.95 Å². The van der Waals surface area contributed by atoms with E-state index in [1.54, 1.807) is 16.3 Å². The molecule has 4 rings (SSSR count). The lowest BCUT2D eigenvalue weighted by molar-refractivity contribution is 0.862. The highest BCUT2D eigenvalue weighted by Gasteiger charge is 2.09. The maximum Gasteiger partial charge on any atom is 0.250 e. The number of nitrogens with zero attached hydrogens (tertiary/aromatic N) is 4. The van der Waals surface area contributed by atoms with E-state index in [2.05, 4.69) is 38.8 Å². The van der Waals surface area contributed by atoms with Crippen LogP contribution in [0.25, 0.3) is 5.65 Å². The van der Waals surface area contributed by atoms with Crippen molar-refractivity contribution in [3.63, 3.8) is 0 Å². The van der Waals surface area contributed by atoms with E-state index >= 15 is 0 Å². The van der Waals surface area contributed by atoms with Crippen LogP contribution in [0.5, 0.6) is 0 Å². The van der Waals surface area contributed by atoms with Crippen molar-refractivity contribution in [2.75, 3.05) is 5.32 Å². The van der Waals surface area contributed by atoms with E-state index in [-0.39, 0.29) is 0 Å². The molecule has 6 heteroatoms. The summed E-state index contributed by atoms with van der Waals surface area (Å²) in [5.41, 5.74) is 1.68. The third kappa shape index (κ3) is 3.12. The lowest BCUT2D eigenvalue weighted by atomic mass is 10.2. The average molecular weight is 321 g/mol. The summed E-state index contributed by atoms with van der Waals surface area (Å²) in [4.78, 5) is 1.23. The van der Waals surface area contributed by atoms with Gasteiger partial charge >= 0.3 is 0 Å². The fraction of sp³-hybridized carbons (Fsp3) is 0.118. The average Bonchev–Trinajstić information content (AvgIpc) is 2.99. The van der Waals surface area contributed by atoms with Gasteiger partial charge in [-0.2, -0.15) is 9.61 Å². The van der Waals surface area contributed by atoms with E-state index < -0.39 is 0 Å². The Morgan fingerprint density at radius 3 is 2.74 bits per heavy atom. The van der Waals surface area contributed by atoms with Gasteiger partial charge in [-0.15, -0.1) is 10.2 Å². The Morgan fingerprint density at radius 1 is 1.00 bits per heavy atom. The van der Waals surface area contributed by atoms with Crippen molar-refractivity contribution in [1.29, 1.82) is 0 Å². The van der Waals surface area contributed by atoms with Crippen LogP contribution in [-0.4, -0.2) is 19.8 Å². The zero-order valence-electron chi connectivity index (χ0n) is 12.4. The number of benzene rings is 1. The molecule has 1 aromatic carbocycles. The molecule has 0 amide bonds. The van der Waals surface area contributed by atoms with Crippen molar-refractivity contribution in [2.24, 2.45) is 0 Å². The van der Waals surface area contributed by atoms with Crippen molar-refractivity contribution in [3.05, 3.63) is 65.6 Å². The van der Waals surface area contributed by atoms with E-state index in [4.69, 9.17) is 0 Å². The first-order valence-corrected chi connectivity index (χ1v) is 8.29. The fourth-order valence-corrected chi connectivity index (χ4v) is 3.21. The molecule has 2 heterocycles. The second-order valence-electron chi connectivity index (χ2n) is 5.14. The first-order valence-electron chi connectivity index (χ1n) is 7.47. The van der Waals surface area contributed by atoms with Gasteiger partial charge in [-0.05, 0) is 37.1 Å². The normalized spacial score (nSPS) is 14.0. The van der Waals surface area contributed by atoms with Gasteiger partial charge in [0.1, 0.15) is 5.03 Å². The molecule has 0 fully saturated rings. The third-order valence-electron chi connectivity index (χ3n) is 3.45. The first kappa shape index (κ1) is 14.0. The Hall–Kier alpha value is -2.60. The molecule has 0 radical (unpaired) electrons. The van der Waals surface area contributed by atoms with Crippen LogP contribution in [-0.2, 0) is 0 Å². The van der Waals surface area contributed by atoms with Gasteiger partial charge in [0.25, 0.3) is 0 Å². The molecule has 0 bridgehead atoms. The number of nitrogens with one attached hydrogen (secondary N) is 1. The lowest BCUT2D eigenvalue weighted by Crippen LogP contribution is -2.00. The zero-order chi connectivity index (χ0) is 15.5. The molecule has 3 aromatic rings. The number of fused-ring (bicyclic) bond motifs is 1. The summed E-state index contributed by atoms with van der Waals surface area (Å²) in [5.74, 6) is 0.613. The minimum Gasteiger partial charge on any atom is -0.323 e. The Kier molecular flexibility index (Phi) is 3.81. The smallest absolute Gasteiger partial charge is 0.250 e. The number of aromatic nitrogens is 4. The van der Waals surface area contributed by atoms with Crippen molar-refractivity contribution < 1.29 is 0 Å². The Morgan fingerprint density at radius 2 is 1.91 bits per heavy atom. The van der Waals surface area contributed by atoms with Gasteiger partial charge in [0, 0.05) is 10.6 Å². The van der Waals surface area contributed by atoms with E-state index in [9.17, 15) is 0 Å². The molecule has 1 aliphatic carbocycles. The van der Waals surface area contributed by atoms with Crippen molar-refractivity contribution in [1.82, 2.24) is 19.8 Å².